The minimum atomic E-state index is -0.133. The van der Waals surface area contributed by atoms with Crippen LogP contribution in [0, 0.1) is 6.92 Å². The highest BCUT2D eigenvalue weighted by Gasteiger charge is 2.12. The second kappa shape index (κ2) is 15.2. The molecule has 0 aliphatic rings. The number of allylic oxidation sites excluding steroid dienone is 4. The van der Waals surface area contributed by atoms with Crippen molar-refractivity contribution in [2.75, 3.05) is 0 Å². The molecule has 0 amide bonds. The van der Waals surface area contributed by atoms with E-state index in [0.29, 0.717) is 11.3 Å². The van der Waals surface area contributed by atoms with Gasteiger partial charge in [0.15, 0.2) is 0 Å². The maximum atomic E-state index is 11.7. The molecule has 1 aromatic carbocycles. The van der Waals surface area contributed by atoms with Crippen LogP contribution in [0.2, 0.25) is 0 Å². The summed E-state index contributed by atoms with van der Waals surface area (Å²) >= 11 is 3.91. The number of aryl methyl sites for hydroxylation is 1. The summed E-state index contributed by atoms with van der Waals surface area (Å²) < 4.78 is 4.88. The highest BCUT2D eigenvalue weighted by molar-refractivity contribution is 7.83. The molecule has 0 aliphatic carbocycles. The molecular formula is C21H27NO2S. The second-order valence-electron chi connectivity index (χ2n) is 4.64. The van der Waals surface area contributed by atoms with E-state index in [9.17, 15) is 4.79 Å². The molecule has 4 heteroatoms. The van der Waals surface area contributed by atoms with Gasteiger partial charge >= 0.3 is 0 Å². The van der Waals surface area contributed by atoms with Crippen molar-refractivity contribution in [3.63, 3.8) is 0 Å². The van der Waals surface area contributed by atoms with Crippen molar-refractivity contribution in [3.8, 4) is 0 Å². The molecule has 3 nitrogen and oxygen atoms in total. The molecule has 2 rings (SSSR count). The molecule has 0 N–H and O–H groups in total. The monoisotopic (exact) mass is 357 g/mol. The highest BCUT2D eigenvalue weighted by atomic mass is 32.1. The summed E-state index contributed by atoms with van der Waals surface area (Å²) in [4.78, 5) is 11.7. The molecule has 0 radical (unpaired) electrons. The van der Waals surface area contributed by atoms with E-state index in [2.05, 4.69) is 36.5 Å². The van der Waals surface area contributed by atoms with E-state index in [1.807, 2.05) is 44.2 Å². The third-order valence-corrected chi connectivity index (χ3v) is 2.95. The van der Waals surface area contributed by atoms with Crippen LogP contribution in [0.25, 0.3) is 0 Å². The summed E-state index contributed by atoms with van der Waals surface area (Å²) in [7, 11) is 0. The van der Waals surface area contributed by atoms with Gasteiger partial charge in [0.05, 0.1) is 5.69 Å². The summed E-state index contributed by atoms with van der Waals surface area (Å²) in [5.74, 6) is 0.153. The van der Waals surface area contributed by atoms with Crippen LogP contribution in [0.1, 0.15) is 48.5 Å². The molecule has 0 fully saturated rings. The Morgan fingerprint density at radius 2 is 1.80 bits per heavy atom. The Kier molecular flexibility index (Phi) is 13.8. The third-order valence-electron chi connectivity index (χ3n) is 2.73. The van der Waals surface area contributed by atoms with Crippen LogP contribution in [-0.4, -0.2) is 10.9 Å². The molecule has 0 aliphatic heterocycles. The fourth-order valence-corrected chi connectivity index (χ4v) is 1.75. The van der Waals surface area contributed by atoms with E-state index in [4.69, 9.17) is 4.52 Å². The molecule has 2 aromatic rings. The van der Waals surface area contributed by atoms with E-state index in [1.54, 1.807) is 30.5 Å². The van der Waals surface area contributed by atoms with Crippen LogP contribution in [-0.2, 0) is 0 Å². The zero-order valence-corrected chi connectivity index (χ0v) is 16.1. The van der Waals surface area contributed by atoms with Gasteiger partial charge in [-0.25, -0.2) is 0 Å². The van der Waals surface area contributed by atoms with Gasteiger partial charge in [0.25, 0.3) is 0 Å². The lowest BCUT2D eigenvalue weighted by molar-refractivity contribution is 0.100. The van der Waals surface area contributed by atoms with Crippen molar-refractivity contribution < 1.29 is 9.32 Å². The zero-order chi connectivity index (χ0) is 18.9. The van der Waals surface area contributed by atoms with Gasteiger partial charge in [0.2, 0.25) is 11.5 Å². The summed E-state index contributed by atoms with van der Waals surface area (Å²) in [6.07, 6.45) is 9.97. The largest absolute Gasteiger partial charge is 0.352 e. The van der Waals surface area contributed by atoms with Crippen molar-refractivity contribution in [3.05, 3.63) is 89.7 Å². The summed E-state index contributed by atoms with van der Waals surface area (Å²) in [6.45, 7) is 9.38. The van der Waals surface area contributed by atoms with Crippen molar-refractivity contribution in [2.24, 2.45) is 0 Å². The standard InChI is InChI=1S/C11H9NO2.C8H12S.C2H6/c1-8-7-10(14-12-8)11(13)9-5-3-2-4-6-9;1-2-3-4-5-6-7-8-9;1-2/h2-7H,1H3;2,4-5,7-9H,1,3,6H2;1-2H3/b;5-4?,8-7+;. The number of thiol groups is 1. The smallest absolute Gasteiger partial charge is 0.231 e. The topological polar surface area (TPSA) is 43.1 Å². The first-order chi connectivity index (χ1) is 12.2. The first-order valence-corrected chi connectivity index (χ1v) is 8.78. The van der Waals surface area contributed by atoms with Gasteiger partial charge in [-0.3, -0.25) is 4.79 Å². The number of benzene rings is 1. The Balaban J connectivity index is 0.000000458. The van der Waals surface area contributed by atoms with Crippen LogP contribution in [0.15, 0.2) is 77.2 Å². The first-order valence-electron chi connectivity index (χ1n) is 8.27. The molecule has 134 valence electrons. The van der Waals surface area contributed by atoms with Gasteiger partial charge in [-0.1, -0.05) is 73.6 Å². The van der Waals surface area contributed by atoms with Gasteiger partial charge in [0, 0.05) is 11.6 Å². The maximum absolute atomic E-state index is 11.7. The van der Waals surface area contributed by atoms with Crippen molar-refractivity contribution in [2.45, 2.75) is 33.6 Å². The SMILES string of the molecule is C=CCC=CC/C=C/S.CC.Cc1cc(C(=O)c2ccccc2)on1. The molecule has 25 heavy (non-hydrogen) atoms. The molecule has 0 saturated heterocycles. The number of aromatic nitrogens is 1. The van der Waals surface area contributed by atoms with Gasteiger partial charge < -0.3 is 4.52 Å². The summed E-state index contributed by atoms with van der Waals surface area (Å²) in [5.41, 5.74) is 1.33. The van der Waals surface area contributed by atoms with Gasteiger partial charge in [-0.2, -0.15) is 12.6 Å². The summed E-state index contributed by atoms with van der Waals surface area (Å²) in [6, 6.07) is 10.6. The minimum Gasteiger partial charge on any atom is -0.352 e. The predicted octanol–water partition coefficient (Wildman–Crippen LogP) is 6.19. The van der Waals surface area contributed by atoms with Crippen LogP contribution in [0.5, 0.6) is 0 Å². The zero-order valence-electron chi connectivity index (χ0n) is 15.2. The van der Waals surface area contributed by atoms with E-state index < -0.39 is 0 Å². The highest BCUT2D eigenvalue weighted by Crippen LogP contribution is 2.10. The number of ketones is 1. The maximum Gasteiger partial charge on any atom is 0.231 e. The van der Waals surface area contributed by atoms with E-state index >= 15 is 0 Å². The van der Waals surface area contributed by atoms with Crippen LogP contribution >= 0.6 is 12.6 Å². The van der Waals surface area contributed by atoms with E-state index in [-0.39, 0.29) is 11.5 Å². The lowest BCUT2D eigenvalue weighted by atomic mass is 10.1. The average molecular weight is 358 g/mol. The van der Waals surface area contributed by atoms with Crippen molar-refractivity contribution >= 4 is 18.4 Å². The number of hydrogen-bond donors (Lipinski definition) is 1. The Hall–Kier alpha value is -2.33. The number of carbonyl (C=O) groups is 1. The molecule has 1 heterocycles. The van der Waals surface area contributed by atoms with E-state index in [0.717, 1.165) is 12.8 Å². The van der Waals surface area contributed by atoms with Gasteiger partial charge in [-0.15, -0.1) is 6.58 Å². The lowest BCUT2D eigenvalue weighted by Crippen LogP contribution is -1.98. The third kappa shape index (κ3) is 10.2. The molecule has 0 spiro atoms. The second-order valence-corrected chi connectivity index (χ2v) is 4.94. The normalized spacial score (nSPS) is 9.92. The molecule has 0 atom stereocenters. The Morgan fingerprint density at radius 3 is 2.32 bits per heavy atom. The number of carbonyl (C=O) groups excluding carboxylic acids is 1. The van der Waals surface area contributed by atoms with Crippen LogP contribution in [0.3, 0.4) is 0 Å². The van der Waals surface area contributed by atoms with Gasteiger partial charge in [0.1, 0.15) is 0 Å². The summed E-state index contributed by atoms with van der Waals surface area (Å²) in [5, 5.41) is 5.42. The lowest BCUT2D eigenvalue weighted by Gasteiger charge is -1.93. The molecular weight excluding hydrogens is 330 g/mol. The fraction of sp³-hybridized carbons (Fsp3) is 0.238. The quantitative estimate of drug-likeness (QED) is 0.381. The van der Waals surface area contributed by atoms with Crippen LogP contribution < -0.4 is 0 Å². The molecule has 0 unspecified atom stereocenters. The Morgan fingerprint density at radius 1 is 1.16 bits per heavy atom. The molecule has 1 aromatic heterocycles. The minimum absolute atomic E-state index is 0.133. The van der Waals surface area contributed by atoms with Crippen LogP contribution in [0.4, 0.5) is 0 Å². The van der Waals surface area contributed by atoms with E-state index in [1.165, 1.54) is 0 Å². The molecule has 0 bridgehead atoms. The molecule has 0 saturated carbocycles. The number of hydrogen-bond acceptors (Lipinski definition) is 4. The Labute approximate surface area is 156 Å². The fourth-order valence-electron chi connectivity index (χ4n) is 1.63. The van der Waals surface area contributed by atoms with Crippen molar-refractivity contribution in [1.29, 1.82) is 0 Å². The number of nitrogens with zero attached hydrogens (tertiary/aromatic N) is 1. The average Bonchev–Trinajstić information content (AvgIpc) is 3.10. The first kappa shape index (κ1) is 22.7. The predicted molar refractivity (Wildman–Crippen MR) is 109 cm³/mol. The number of rotatable bonds is 6. The van der Waals surface area contributed by atoms with Crippen molar-refractivity contribution in [1.82, 2.24) is 5.16 Å². The van der Waals surface area contributed by atoms with Gasteiger partial charge in [-0.05, 0) is 25.2 Å². The Bertz CT molecular complexity index is 658.